The number of hydrogen-bond acceptors (Lipinski definition) is 8. The number of rotatable bonds is 9. The molecular formula is C28H32BNO8. The molecule has 1 fully saturated rings. The average molecular weight is 521 g/mol. The number of fused-ring (bicyclic) bond motifs is 1. The Kier molecular flexibility index (Phi) is 8.49. The molecule has 2 aliphatic rings. The normalized spacial score (nSPS) is 22.6. The van der Waals surface area contributed by atoms with Crippen molar-refractivity contribution in [3.05, 3.63) is 70.8 Å². The van der Waals surface area contributed by atoms with Crippen LogP contribution in [0, 0.1) is 17.8 Å². The SMILES string of the molecule is C/C(=C\c1ccc(O)cc1)CC[C@@H](O)C1=C(CO)C[C@H]2C(=O)N(c3cccc(B(O)O)c3)C(=O)[C@H]2[C@H]1CO. The van der Waals surface area contributed by atoms with Crippen LogP contribution < -0.4 is 10.4 Å². The molecule has 6 N–H and O–H groups in total. The van der Waals surface area contributed by atoms with Crippen LogP contribution >= 0.6 is 0 Å². The van der Waals surface area contributed by atoms with Gasteiger partial charge >= 0.3 is 7.12 Å². The lowest BCUT2D eigenvalue weighted by Gasteiger charge is -2.36. The van der Waals surface area contributed by atoms with Crippen LogP contribution in [0.3, 0.4) is 0 Å². The molecule has 0 radical (unpaired) electrons. The van der Waals surface area contributed by atoms with Crippen molar-refractivity contribution in [1.29, 1.82) is 0 Å². The number of aliphatic hydroxyl groups excluding tert-OH is 3. The Morgan fingerprint density at radius 3 is 2.45 bits per heavy atom. The standard InChI is InChI=1S/C28H32BNO8/c1-16(11-17-6-8-21(33)9-7-17)5-10-24(34)25-18(14-31)12-22-26(23(25)15-32)28(36)30(27(22)35)20-4-2-3-19(13-20)29(37)38/h2-4,6-9,11,13,22-24,26,31-34,37-38H,5,10,12,14-15H2,1H3/b16-11+/t22-,23+,24-,26-/m1/s1. The Bertz CT molecular complexity index is 1260. The van der Waals surface area contributed by atoms with E-state index in [-0.39, 0.29) is 29.7 Å². The number of amides is 2. The first-order valence-corrected chi connectivity index (χ1v) is 12.6. The van der Waals surface area contributed by atoms with E-state index in [1.54, 1.807) is 24.3 Å². The van der Waals surface area contributed by atoms with Crippen molar-refractivity contribution in [3.63, 3.8) is 0 Å². The molecule has 1 saturated heterocycles. The van der Waals surface area contributed by atoms with Gasteiger partial charge in [-0.15, -0.1) is 0 Å². The summed E-state index contributed by atoms with van der Waals surface area (Å²) in [5.74, 6) is -3.42. The van der Waals surface area contributed by atoms with E-state index in [4.69, 9.17) is 0 Å². The maximum absolute atomic E-state index is 13.5. The lowest BCUT2D eigenvalue weighted by Crippen LogP contribution is -2.39. The number of phenolic OH excluding ortho intramolecular Hbond substituents is 1. The number of aliphatic hydroxyl groups is 3. The highest BCUT2D eigenvalue weighted by atomic mass is 16.4. The molecule has 2 amide bonds. The summed E-state index contributed by atoms with van der Waals surface area (Å²) in [5, 5.41) is 60.1. The molecule has 1 aliphatic heterocycles. The fraction of sp³-hybridized carbons (Fsp3) is 0.357. The molecule has 4 rings (SSSR count). The Labute approximate surface area is 221 Å². The molecule has 2 aromatic carbocycles. The minimum Gasteiger partial charge on any atom is -0.508 e. The minimum absolute atomic E-state index is 0.0791. The van der Waals surface area contributed by atoms with Gasteiger partial charge in [-0.3, -0.25) is 14.5 Å². The Balaban J connectivity index is 1.57. The molecule has 0 saturated carbocycles. The number of nitrogens with zero attached hydrogens (tertiary/aromatic N) is 1. The maximum Gasteiger partial charge on any atom is 0.488 e. The highest BCUT2D eigenvalue weighted by Gasteiger charge is 2.55. The summed E-state index contributed by atoms with van der Waals surface area (Å²) >= 11 is 0. The molecule has 38 heavy (non-hydrogen) atoms. The molecule has 200 valence electrons. The molecule has 1 heterocycles. The third-order valence-corrected chi connectivity index (χ3v) is 7.48. The van der Waals surface area contributed by atoms with E-state index in [1.807, 2.05) is 13.0 Å². The van der Waals surface area contributed by atoms with Crippen molar-refractivity contribution in [1.82, 2.24) is 0 Å². The number of hydrogen-bond donors (Lipinski definition) is 6. The first-order chi connectivity index (χ1) is 18.2. The lowest BCUT2D eigenvalue weighted by molar-refractivity contribution is -0.123. The fourth-order valence-corrected chi connectivity index (χ4v) is 5.63. The first kappa shape index (κ1) is 27.8. The van der Waals surface area contributed by atoms with E-state index in [9.17, 15) is 40.1 Å². The number of carbonyl (C=O) groups excluding carboxylic acids is 2. The van der Waals surface area contributed by atoms with Gasteiger partial charge in [-0.1, -0.05) is 35.9 Å². The largest absolute Gasteiger partial charge is 0.508 e. The van der Waals surface area contributed by atoms with Gasteiger partial charge < -0.3 is 30.5 Å². The molecule has 0 bridgehead atoms. The zero-order chi connectivity index (χ0) is 27.6. The monoisotopic (exact) mass is 521 g/mol. The number of imide groups is 1. The molecule has 0 unspecified atom stereocenters. The van der Waals surface area contributed by atoms with Crippen LogP contribution in [0.2, 0.25) is 0 Å². The van der Waals surface area contributed by atoms with Gasteiger partial charge in [0.1, 0.15) is 5.75 Å². The molecule has 0 aromatic heterocycles. The maximum atomic E-state index is 13.5. The fourth-order valence-electron chi connectivity index (χ4n) is 5.63. The molecule has 4 atom stereocenters. The number of phenols is 1. The van der Waals surface area contributed by atoms with E-state index in [1.165, 1.54) is 24.3 Å². The quantitative estimate of drug-likeness (QED) is 0.160. The van der Waals surface area contributed by atoms with Gasteiger partial charge in [0.25, 0.3) is 0 Å². The van der Waals surface area contributed by atoms with E-state index < -0.39 is 56.0 Å². The summed E-state index contributed by atoms with van der Waals surface area (Å²) < 4.78 is 0. The number of benzene rings is 2. The number of allylic oxidation sites excluding steroid dienone is 1. The lowest BCUT2D eigenvalue weighted by atomic mass is 9.68. The van der Waals surface area contributed by atoms with Gasteiger partial charge in [0, 0.05) is 5.92 Å². The number of anilines is 1. The summed E-state index contributed by atoms with van der Waals surface area (Å²) in [4.78, 5) is 27.9. The number of carbonyl (C=O) groups is 2. The average Bonchev–Trinajstić information content (AvgIpc) is 3.16. The zero-order valence-electron chi connectivity index (χ0n) is 21.1. The van der Waals surface area contributed by atoms with Gasteiger partial charge in [-0.25, -0.2) is 0 Å². The second-order valence-electron chi connectivity index (χ2n) is 9.96. The zero-order valence-corrected chi connectivity index (χ0v) is 21.1. The van der Waals surface area contributed by atoms with Gasteiger partial charge in [-0.05, 0) is 72.6 Å². The highest BCUT2D eigenvalue weighted by molar-refractivity contribution is 6.58. The van der Waals surface area contributed by atoms with Crippen LogP contribution in [0.1, 0.15) is 31.7 Å². The van der Waals surface area contributed by atoms with Gasteiger partial charge in [0.15, 0.2) is 0 Å². The Hall–Kier alpha value is -3.28. The summed E-state index contributed by atoms with van der Waals surface area (Å²) in [7, 11) is -1.77. The molecular weight excluding hydrogens is 489 g/mol. The summed E-state index contributed by atoms with van der Waals surface area (Å²) in [6.07, 6.45) is 1.77. The summed E-state index contributed by atoms with van der Waals surface area (Å²) in [6, 6.07) is 12.6. The molecule has 10 heteroatoms. The van der Waals surface area contributed by atoms with E-state index in [0.29, 0.717) is 17.6 Å². The van der Waals surface area contributed by atoms with Crippen molar-refractivity contribution < 1.29 is 40.1 Å². The number of aromatic hydroxyl groups is 1. The highest BCUT2D eigenvalue weighted by Crippen LogP contribution is 2.47. The van der Waals surface area contributed by atoms with Crippen LogP contribution in [0.15, 0.2) is 65.3 Å². The van der Waals surface area contributed by atoms with Crippen LogP contribution in [0.5, 0.6) is 5.75 Å². The first-order valence-electron chi connectivity index (χ1n) is 12.6. The molecule has 2 aromatic rings. The molecule has 9 nitrogen and oxygen atoms in total. The van der Waals surface area contributed by atoms with E-state index >= 15 is 0 Å². The van der Waals surface area contributed by atoms with Crippen LogP contribution in [-0.4, -0.2) is 68.7 Å². The van der Waals surface area contributed by atoms with Crippen molar-refractivity contribution in [2.45, 2.75) is 32.3 Å². The topological polar surface area (TPSA) is 159 Å². The summed E-state index contributed by atoms with van der Waals surface area (Å²) in [5.41, 5.74) is 3.03. The minimum atomic E-state index is -1.77. The third kappa shape index (κ3) is 5.45. The third-order valence-electron chi connectivity index (χ3n) is 7.48. The molecule has 0 spiro atoms. The van der Waals surface area contributed by atoms with Crippen molar-refractivity contribution in [2.24, 2.45) is 17.8 Å². The van der Waals surface area contributed by atoms with Crippen LogP contribution in [-0.2, 0) is 9.59 Å². The Morgan fingerprint density at radius 2 is 1.82 bits per heavy atom. The smallest absolute Gasteiger partial charge is 0.488 e. The molecule has 1 aliphatic carbocycles. The van der Waals surface area contributed by atoms with Crippen LogP contribution in [0.25, 0.3) is 6.08 Å². The van der Waals surface area contributed by atoms with Crippen molar-refractivity contribution >= 4 is 36.2 Å². The van der Waals surface area contributed by atoms with E-state index in [2.05, 4.69) is 0 Å². The van der Waals surface area contributed by atoms with Gasteiger partial charge in [0.2, 0.25) is 11.8 Å². The second kappa shape index (κ2) is 11.6. The van der Waals surface area contributed by atoms with Crippen molar-refractivity contribution in [2.75, 3.05) is 18.1 Å². The Morgan fingerprint density at radius 1 is 1.11 bits per heavy atom. The van der Waals surface area contributed by atoms with E-state index in [0.717, 1.165) is 16.0 Å². The predicted octanol–water partition coefficient (Wildman–Crippen LogP) is 0.723. The second-order valence-corrected chi connectivity index (χ2v) is 9.96. The van der Waals surface area contributed by atoms with Crippen LogP contribution in [0.4, 0.5) is 5.69 Å². The predicted molar refractivity (Wildman–Crippen MR) is 142 cm³/mol. The summed E-state index contributed by atoms with van der Waals surface area (Å²) in [6.45, 7) is 1.01. The van der Waals surface area contributed by atoms with Crippen molar-refractivity contribution in [3.8, 4) is 5.75 Å². The van der Waals surface area contributed by atoms with Gasteiger partial charge in [0.05, 0.1) is 36.8 Å². The van der Waals surface area contributed by atoms with Gasteiger partial charge in [-0.2, -0.15) is 0 Å².